The van der Waals surface area contributed by atoms with Crippen LogP contribution in [0.2, 0.25) is 0 Å². The lowest BCUT2D eigenvalue weighted by Gasteiger charge is -2.39. The van der Waals surface area contributed by atoms with Gasteiger partial charge in [0.15, 0.2) is 0 Å². The summed E-state index contributed by atoms with van der Waals surface area (Å²) in [6, 6.07) is -0.758. The third kappa shape index (κ3) is 2.37. The molecule has 0 unspecified atom stereocenters. The molecule has 0 radical (unpaired) electrons. The van der Waals surface area contributed by atoms with E-state index in [1.807, 2.05) is 5.32 Å². The van der Waals surface area contributed by atoms with Crippen LogP contribution in [0.5, 0.6) is 0 Å². The third-order valence-corrected chi connectivity index (χ3v) is 3.35. The normalized spacial score (nSPS) is 22.3. The van der Waals surface area contributed by atoms with Crippen molar-refractivity contribution < 1.29 is 27.9 Å². The lowest BCUT2D eigenvalue weighted by atomic mass is 9.97. The van der Waals surface area contributed by atoms with Gasteiger partial charge in [-0.3, -0.25) is 4.79 Å². The summed E-state index contributed by atoms with van der Waals surface area (Å²) in [5, 5.41) is 10.5. The first-order valence-electron chi connectivity index (χ1n) is 5.59. The zero-order chi connectivity index (χ0) is 13.6. The Morgan fingerprint density at radius 3 is 2.28 bits per heavy atom. The Morgan fingerprint density at radius 2 is 1.89 bits per heavy atom. The molecule has 18 heavy (non-hydrogen) atoms. The molecule has 2 amide bonds. The van der Waals surface area contributed by atoms with E-state index in [9.17, 15) is 22.8 Å². The summed E-state index contributed by atoms with van der Waals surface area (Å²) in [4.78, 5) is 23.1. The average molecular weight is 266 g/mol. The minimum Gasteiger partial charge on any atom is -0.481 e. The Hall–Kier alpha value is -1.47. The number of nitrogens with one attached hydrogen (secondary N) is 1. The van der Waals surface area contributed by atoms with Crippen LogP contribution >= 0.6 is 0 Å². The van der Waals surface area contributed by atoms with Crippen LogP contribution in [0.25, 0.3) is 0 Å². The van der Waals surface area contributed by atoms with Gasteiger partial charge in [0.05, 0.1) is 6.42 Å². The van der Waals surface area contributed by atoms with E-state index in [1.165, 1.54) is 4.90 Å². The molecule has 8 heteroatoms. The summed E-state index contributed by atoms with van der Waals surface area (Å²) in [5.74, 6) is -1.12. The van der Waals surface area contributed by atoms with E-state index in [-0.39, 0.29) is 38.3 Å². The van der Waals surface area contributed by atoms with Crippen LogP contribution in [0, 0.1) is 5.92 Å². The number of halogens is 3. The number of carbonyl (C=O) groups excluding carboxylic acids is 1. The van der Waals surface area contributed by atoms with Gasteiger partial charge >= 0.3 is 18.2 Å². The Kier molecular flexibility index (Phi) is 2.90. The molecular weight excluding hydrogens is 253 g/mol. The Labute approximate surface area is 101 Å². The smallest absolute Gasteiger partial charge is 0.411 e. The van der Waals surface area contributed by atoms with Gasteiger partial charge in [-0.2, -0.15) is 13.2 Å². The Bertz CT molecular complexity index is 373. The number of nitrogens with zero attached hydrogens (tertiary/aromatic N) is 1. The zero-order valence-electron chi connectivity index (χ0n) is 9.46. The van der Waals surface area contributed by atoms with Gasteiger partial charge in [0.25, 0.3) is 0 Å². The minimum atomic E-state index is -4.42. The molecule has 0 bridgehead atoms. The van der Waals surface area contributed by atoms with Crippen molar-refractivity contribution in [2.45, 2.75) is 31.0 Å². The topological polar surface area (TPSA) is 69.6 Å². The number of carbonyl (C=O) groups is 2. The number of alkyl halides is 3. The van der Waals surface area contributed by atoms with Crippen LogP contribution in [-0.4, -0.2) is 46.8 Å². The van der Waals surface area contributed by atoms with Gasteiger partial charge in [-0.25, -0.2) is 4.79 Å². The molecule has 1 aliphatic heterocycles. The van der Waals surface area contributed by atoms with E-state index in [0.29, 0.717) is 0 Å². The number of urea groups is 1. The van der Waals surface area contributed by atoms with E-state index < -0.39 is 23.7 Å². The number of likely N-dealkylation sites (tertiary alicyclic amines) is 1. The highest BCUT2D eigenvalue weighted by molar-refractivity contribution is 5.77. The summed E-state index contributed by atoms with van der Waals surface area (Å²) >= 11 is 0. The number of amides is 2. The third-order valence-electron chi connectivity index (χ3n) is 3.35. The monoisotopic (exact) mass is 266 g/mol. The molecule has 1 saturated carbocycles. The van der Waals surface area contributed by atoms with E-state index >= 15 is 0 Å². The molecule has 1 saturated heterocycles. The molecule has 1 aliphatic carbocycles. The Balaban J connectivity index is 1.80. The molecule has 0 aromatic rings. The molecule has 2 aliphatic rings. The van der Waals surface area contributed by atoms with Crippen LogP contribution in [-0.2, 0) is 4.79 Å². The minimum absolute atomic E-state index is 0.0613. The van der Waals surface area contributed by atoms with E-state index in [0.717, 1.165) is 0 Å². The second-order valence-electron chi connectivity index (χ2n) is 4.88. The summed E-state index contributed by atoms with van der Waals surface area (Å²) in [6.45, 7) is 0.401. The van der Waals surface area contributed by atoms with Crippen molar-refractivity contribution >= 4 is 12.0 Å². The first-order chi connectivity index (χ1) is 8.23. The van der Waals surface area contributed by atoms with Gasteiger partial charge in [-0.1, -0.05) is 0 Å². The maximum atomic E-state index is 12.6. The average Bonchev–Trinajstić information content (AvgIpc) is 2.89. The van der Waals surface area contributed by atoms with Gasteiger partial charge in [0.2, 0.25) is 0 Å². The lowest BCUT2D eigenvalue weighted by molar-refractivity contribution is -0.163. The molecule has 2 fully saturated rings. The molecule has 1 heterocycles. The number of hydrogen-bond donors (Lipinski definition) is 2. The maximum absolute atomic E-state index is 12.6. The molecular formula is C10H13F3N2O3. The quantitative estimate of drug-likeness (QED) is 0.806. The van der Waals surface area contributed by atoms with Gasteiger partial charge in [-0.15, -0.1) is 0 Å². The lowest BCUT2D eigenvalue weighted by Crippen LogP contribution is -2.59. The van der Waals surface area contributed by atoms with Gasteiger partial charge in [0.1, 0.15) is 5.54 Å². The van der Waals surface area contributed by atoms with Crippen molar-refractivity contribution in [3.63, 3.8) is 0 Å². The van der Waals surface area contributed by atoms with Gasteiger partial charge in [-0.05, 0) is 12.8 Å². The summed E-state index contributed by atoms with van der Waals surface area (Å²) in [6.07, 6.45) is -4.66. The predicted molar refractivity (Wildman–Crippen MR) is 53.9 cm³/mol. The molecule has 0 spiro atoms. The summed E-state index contributed by atoms with van der Waals surface area (Å²) in [5.41, 5.74) is -2.05. The SMILES string of the molecule is O=C(O)CC1CN(C(=O)NC2(C(F)(F)F)CC2)C1. The van der Waals surface area contributed by atoms with Crippen LogP contribution in [0.15, 0.2) is 0 Å². The van der Waals surface area contributed by atoms with Crippen molar-refractivity contribution in [3.8, 4) is 0 Å². The second-order valence-corrected chi connectivity index (χ2v) is 4.88. The van der Waals surface area contributed by atoms with Gasteiger partial charge < -0.3 is 15.3 Å². The van der Waals surface area contributed by atoms with Crippen LogP contribution in [0.4, 0.5) is 18.0 Å². The van der Waals surface area contributed by atoms with Crippen molar-refractivity contribution in [1.29, 1.82) is 0 Å². The van der Waals surface area contributed by atoms with Crippen LogP contribution in [0.1, 0.15) is 19.3 Å². The molecule has 0 aromatic heterocycles. The highest BCUT2D eigenvalue weighted by Gasteiger charge is 2.64. The number of rotatable bonds is 3. The number of aliphatic carboxylic acids is 1. The van der Waals surface area contributed by atoms with Crippen LogP contribution in [0.3, 0.4) is 0 Å². The highest BCUT2D eigenvalue weighted by atomic mass is 19.4. The molecule has 2 rings (SSSR count). The Morgan fingerprint density at radius 1 is 1.33 bits per heavy atom. The predicted octanol–water partition coefficient (Wildman–Crippen LogP) is 1.20. The number of carboxylic acid groups (broad SMARTS) is 1. The fourth-order valence-electron chi connectivity index (χ4n) is 2.00. The van der Waals surface area contributed by atoms with Crippen molar-refractivity contribution in [2.24, 2.45) is 5.92 Å². The van der Waals surface area contributed by atoms with Crippen molar-refractivity contribution in [2.75, 3.05) is 13.1 Å². The largest absolute Gasteiger partial charge is 0.481 e. The summed E-state index contributed by atoms with van der Waals surface area (Å²) in [7, 11) is 0. The molecule has 0 aromatic carbocycles. The standard InChI is InChI=1S/C10H13F3N2O3/c11-10(12,13)9(1-2-9)14-8(18)15-4-6(5-15)3-7(16)17/h6H,1-5H2,(H,14,18)(H,16,17). The molecule has 5 nitrogen and oxygen atoms in total. The van der Waals surface area contributed by atoms with Crippen LogP contribution < -0.4 is 5.32 Å². The van der Waals surface area contributed by atoms with E-state index in [1.54, 1.807) is 0 Å². The van der Waals surface area contributed by atoms with E-state index in [2.05, 4.69) is 0 Å². The van der Waals surface area contributed by atoms with Crippen molar-refractivity contribution in [3.05, 3.63) is 0 Å². The maximum Gasteiger partial charge on any atom is 0.411 e. The number of carboxylic acids is 1. The molecule has 0 atom stereocenters. The van der Waals surface area contributed by atoms with Gasteiger partial charge in [0, 0.05) is 19.0 Å². The zero-order valence-corrected chi connectivity index (χ0v) is 9.46. The fraction of sp³-hybridized carbons (Fsp3) is 0.800. The molecule has 2 N–H and O–H groups in total. The summed E-state index contributed by atoms with van der Waals surface area (Å²) < 4.78 is 37.7. The first kappa shape index (κ1) is 13.0. The highest BCUT2D eigenvalue weighted by Crippen LogP contribution is 2.49. The second kappa shape index (κ2) is 4.03. The number of hydrogen-bond acceptors (Lipinski definition) is 2. The van der Waals surface area contributed by atoms with Crippen molar-refractivity contribution in [1.82, 2.24) is 10.2 Å². The van der Waals surface area contributed by atoms with E-state index in [4.69, 9.17) is 5.11 Å². The molecule has 102 valence electrons. The first-order valence-corrected chi connectivity index (χ1v) is 5.59. The fourth-order valence-corrected chi connectivity index (χ4v) is 2.00.